The van der Waals surface area contributed by atoms with Crippen molar-refractivity contribution in [1.82, 2.24) is 5.32 Å². The van der Waals surface area contributed by atoms with Gasteiger partial charge in [-0.2, -0.15) is 4.73 Å². The smallest absolute Gasteiger partial charge is 0.405 e. The average Bonchev–Trinajstić information content (AvgIpc) is 2.52. The number of hydrogen-bond donors (Lipinski definition) is 1. The quantitative estimate of drug-likeness (QED) is 0.521. The number of hydrogen-bond acceptors (Lipinski definition) is 4. The Morgan fingerprint density at radius 2 is 2.09 bits per heavy atom. The van der Waals surface area contributed by atoms with Crippen LogP contribution in [0.15, 0.2) is 24.4 Å². The number of rotatable bonds is 4. The summed E-state index contributed by atoms with van der Waals surface area (Å²) in [6.07, 6.45) is 3.48. The molecule has 0 unspecified atom stereocenters. The van der Waals surface area contributed by atoms with E-state index in [4.69, 9.17) is 4.74 Å². The highest BCUT2D eigenvalue weighted by Gasteiger charge is 2.30. The van der Waals surface area contributed by atoms with Crippen LogP contribution in [0.4, 0.5) is 0 Å². The molecule has 1 amide bonds. The van der Waals surface area contributed by atoms with Crippen LogP contribution >= 0.6 is 0 Å². The van der Waals surface area contributed by atoms with Crippen LogP contribution in [0, 0.1) is 17.0 Å². The molecule has 1 saturated carbocycles. The van der Waals surface area contributed by atoms with E-state index in [1.54, 1.807) is 6.07 Å². The maximum absolute atomic E-state index is 12.2. The fourth-order valence-electron chi connectivity index (χ4n) is 2.95. The molecule has 0 bridgehead atoms. The first kappa shape index (κ1) is 17.2. The van der Waals surface area contributed by atoms with Crippen molar-refractivity contribution in [1.29, 1.82) is 0 Å². The number of aromatic nitrogens is 1. The van der Waals surface area contributed by atoms with Crippen molar-refractivity contribution in [3.8, 4) is 0 Å². The van der Waals surface area contributed by atoms with E-state index in [0.717, 1.165) is 12.8 Å². The Balaban J connectivity index is 1.92. The molecule has 4 atom stereocenters. The predicted molar refractivity (Wildman–Crippen MR) is 84.4 cm³/mol. The molecule has 0 aromatic carbocycles. The Labute approximate surface area is 136 Å². The minimum Gasteiger partial charge on any atom is -0.618 e. The first-order chi connectivity index (χ1) is 10.9. The monoisotopic (exact) mass is 320 g/mol. The molecule has 2 rings (SSSR count). The summed E-state index contributed by atoms with van der Waals surface area (Å²) in [4.78, 5) is 24.2. The van der Waals surface area contributed by atoms with Crippen LogP contribution < -0.4 is 10.0 Å². The molecule has 1 aliphatic rings. The Hall–Kier alpha value is -2.11. The number of ether oxygens (including phenoxy) is 1. The third kappa shape index (κ3) is 4.21. The Bertz CT molecular complexity index is 575. The van der Waals surface area contributed by atoms with Crippen LogP contribution in [-0.4, -0.2) is 24.0 Å². The van der Waals surface area contributed by atoms with Crippen molar-refractivity contribution in [2.24, 2.45) is 11.8 Å². The van der Waals surface area contributed by atoms with Crippen LogP contribution in [-0.2, 0) is 9.53 Å². The molecule has 6 nitrogen and oxygen atoms in total. The van der Waals surface area contributed by atoms with Gasteiger partial charge in [-0.1, -0.05) is 26.7 Å². The highest BCUT2D eigenvalue weighted by Crippen LogP contribution is 2.29. The molecule has 126 valence electrons. The standard InChI is InChI=1S/C17H24N2O4/c1-11-7-6-8-14(12(11)2)18-16(20)13(3)23-17(21)15-9-4-5-10-19(15)22/h4-5,9-14H,6-8H2,1-3H3,(H,18,20)/t11-,12+,13+,14+/m0/s1. The highest BCUT2D eigenvalue weighted by molar-refractivity contribution is 5.89. The van der Waals surface area contributed by atoms with E-state index in [-0.39, 0.29) is 17.6 Å². The first-order valence-corrected chi connectivity index (χ1v) is 8.09. The second-order valence-corrected chi connectivity index (χ2v) is 6.34. The summed E-state index contributed by atoms with van der Waals surface area (Å²) in [5.74, 6) is -0.157. The van der Waals surface area contributed by atoms with Gasteiger partial charge >= 0.3 is 11.7 Å². The van der Waals surface area contributed by atoms with Gasteiger partial charge in [0.15, 0.2) is 12.3 Å². The van der Waals surface area contributed by atoms with Gasteiger partial charge in [-0.15, -0.1) is 0 Å². The number of carbonyl (C=O) groups excluding carboxylic acids is 2. The molecular weight excluding hydrogens is 296 g/mol. The van der Waals surface area contributed by atoms with Gasteiger partial charge in [-0.05, 0) is 31.2 Å². The molecular formula is C17H24N2O4. The number of carbonyl (C=O) groups is 2. The molecule has 0 aliphatic heterocycles. The lowest BCUT2D eigenvalue weighted by Gasteiger charge is -2.35. The molecule has 1 aromatic rings. The van der Waals surface area contributed by atoms with Gasteiger partial charge in [0, 0.05) is 18.2 Å². The van der Waals surface area contributed by atoms with Gasteiger partial charge in [0.25, 0.3) is 5.91 Å². The van der Waals surface area contributed by atoms with Crippen molar-refractivity contribution in [3.63, 3.8) is 0 Å². The maximum Gasteiger partial charge on any atom is 0.405 e. The SMILES string of the molecule is C[C@@H]1[C@@H](C)CCC[C@H]1NC(=O)[C@@H](C)OC(=O)c1cccc[n+]1[O-]. The second kappa shape index (κ2) is 7.44. The van der Waals surface area contributed by atoms with Gasteiger partial charge in [-0.25, -0.2) is 4.79 Å². The summed E-state index contributed by atoms with van der Waals surface area (Å²) in [6, 6.07) is 4.56. The predicted octanol–water partition coefficient (Wildman–Crippen LogP) is 1.81. The van der Waals surface area contributed by atoms with Crippen LogP contribution in [0.2, 0.25) is 0 Å². The molecule has 0 radical (unpaired) electrons. The minimum absolute atomic E-state index is 0.105. The van der Waals surface area contributed by atoms with E-state index in [0.29, 0.717) is 16.6 Å². The highest BCUT2D eigenvalue weighted by atomic mass is 16.6. The van der Waals surface area contributed by atoms with Gasteiger partial charge in [0.1, 0.15) is 0 Å². The largest absolute Gasteiger partial charge is 0.618 e. The Kier molecular flexibility index (Phi) is 5.58. The number of esters is 1. The molecule has 0 saturated heterocycles. The third-order valence-corrected chi connectivity index (χ3v) is 4.72. The zero-order chi connectivity index (χ0) is 17.0. The molecule has 6 heteroatoms. The summed E-state index contributed by atoms with van der Waals surface area (Å²) in [7, 11) is 0. The van der Waals surface area contributed by atoms with Gasteiger partial charge in [-0.3, -0.25) is 4.79 Å². The van der Waals surface area contributed by atoms with E-state index < -0.39 is 12.1 Å². The number of pyridine rings is 1. The lowest BCUT2D eigenvalue weighted by Crippen LogP contribution is -2.48. The number of nitrogens with zero attached hydrogens (tertiary/aromatic N) is 1. The van der Waals surface area contributed by atoms with Crippen molar-refractivity contribution in [3.05, 3.63) is 35.3 Å². The third-order valence-electron chi connectivity index (χ3n) is 4.72. The lowest BCUT2D eigenvalue weighted by atomic mass is 9.78. The van der Waals surface area contributed by atoms with Crippen LogP contribution in [0.25, 0.3) is 0 Å². The number of amides is 1. The van der Waals surface area contributed by atoms with Gasteiger partial charge in [0.2, 0.25) is 0 Å². The molecule has 1 heterocycles. The zero-order valence-corrected chi connectivity index (χ0v) is 13.8. The van der Waals surface area contributed by atoms with Crippen molar-refractivity contribution < 1.29 is 19.1 Å². The Morgan fingerprint density at radius 3 is 2.78 bits per heavy atom. The molecule has 1 aliphatic carbocycles. The summed E-state index contributed by atoms with van der Waals surface area (Å²) in [5, 5.41) is 14.5. The minimum atomic E-state index is -0.938. The molecule has 1 aromatic heterocycles. The van der Waals surface area contributed by atoms with Crippen LogP contribution in [0.1, 0.15) is 50.5 Å². The normalized spacial score (nSPS) is 25.4. The average molecular weight is 320 g/mol. The maximum atomic E-state index is 12.2. The molecule has 23 heavy (non-hydrogen) atoms. The van der Waals surface area contributed by atoms with E-state index in [1.165, 1.54) is 31.7 Å². The fourth-order valence-corrected chi connectivity index (χ4v) is 2.95. The number of nitrogens with one attached hydrogen (secondary N) is 1. The van der Waals surface area contributed by atoms with Gasteiger partial charge in [0.05, 0.1) is 0 Å². The van der Waals surface area contributed by atoms with Crippen LogP contribution in [0.5, 0.6) is 0 Å². The topological polar surface area (TPSA) is 82.3 Å². The van der Waals surface area contributed by atoms with Crippen molar-refractivity contribution in [2.75, 3.05) is 0 Å². The van der Waals surface area contributed by atoms with E-state index in [1.807, 2.05) is 0 Å². The van der Waals surface area contributed by atoms with Crippen molar-refractivity contribution >= 4 is 11.9 Å². The van der Waals surface area contributed by atoms with E-state index in [2.05, 4.69) is 19.2 Å². The molecule has 0 spiro atoms. The summed E-state index contributed by atoms with van der Waals surface area (Å²) >= 11 is 0. The summed E-state index contributed by atoms with van der Waals surface area (Å²) < 4.78 is 5.54. The fraction of sp³-hybridized carbons (Fsp3) is 0.588. The van der Waals surface area contributed by atoms with Crippen molar-refractivity contribution in [2.45, 2.75) is 52.2 Å². The van der Waals surface area contributed by atoms with E-state index in [9.17, 15) is 14.8 Å². The Morgan fingerprint density at radius 1 is 1.35 bits per heavy atom. The lowest BCUT2D eigenvalue weighted by molar-refractivity contribution is -0.608. The van der Waals surface area contributed by atoms with Gasteiger partial charge < -0.3 is 15.3 Å². The van der Waals surface area contributed by atoms with E-state index >= 15 is 0 Å². The molecule has 1 fully saturated rings. The molecule has 1 N–H and O–H groups in total. The zero-order valence-electron chi connectivity index (χ0n) is 13.8. The summed E-state index contributed by atoms with van der Waals surface area (Å²) in [5.41, 5.74) is -0.133. The van der Waals surface area contributed by atoms with Crippen LogP contribution in [0.3, 0.4) is 0 Å². The first-order valence-electron chi connectivity index (χ1n) is 8.09. The second-order valence-electron chi connectivity index (χ2n) is 6.34. The summed E-state index contributed by atoms with van der Waals surface area (Å²) in [6.45, 7) is 5.84.